The molecule has 0 radical (unpaired) electrons. The largest absolute Gasteiger partial charge is 0.509 e. The summed E-state index contributed by atoms with van der Waals surface area (Å²) in [6, 6.07) is 0. The molecule has 3 aliphatic rings. The van der Waals surface area contributed by atoms with Crippen molar-refractivity contribution < 1.29 is 28.6 Å². The van der Waals surface area contributed by atoms with Crippen LogP contribution in [0.3, 0.4) is 0 Å². The molecule has 1 heterocycles. The predicted molar refractivity (Wildman–Crippen MR) is 66.2 cm³/mol. The van der Waals surface area contributed by atoms with E-state index in [1.54, 1.807) is 0 Å². The van der Waals surface area contributed by atoms with E-state index in [1.807, 2.05) is 0 Å². The van der Waals surface area contributed by atoms with Gasteiger partial charge in [-0.1, -0.05) is 0 Å². The van der Waals surface area contributed by atoms with Crippen LogP contribution < -0.4 is 0 Å². The van der Waals surface area contributed by atoms with Crippen molar-refractivity contribution in [2.45, 2.75) is 62.8 Å². The molecule has 2 atom stereocenters. The topological polar surface area (TPSA) is 78.9 Å². The molecular weight excluding hydrogens is 264 g/mol. The van der Waals surface area contributed by atoms with E-state index < -0.39 is 12.3 Å². The van der Waals surface area contributed by atoms with Crippen molar-refractivity contribution >= 4 is 17.7 Å². The van der Waals surface area contributed by atoms with Crippen LogP contribution in [-0.2, 0) is 23.8 Å². The maximum Gasteiger partial charge on any atom is 0.509 e. The van der Waals surface area contributed by atoms with Gasteiger partial charge in [0.25, 0.3) is 0 Å². The zero-order chi connectivity index (χ0) is 14.2. The number of hydrogen-bond acceptors (Lipinski definition) is 6. The number of carbonyl (C=O) groups is 3. The molecule has 2 aliphatic carbocycles. The second-order valence-corrected chi connectivity index (χ2v) is 5.80. The Morgan fingerprint density at radius 2 is 1.90 bits per heavy atom. The predicted octanol–water partition coefficient (Wildman–Crippen LogP) is 1.54. The lowest BCUT2D eigenvalue weighted by atomic mass is 9.99. The highest BCUT2D eigenvalue weighted by Gasteiger charge is 2.44. The fraction of sp³-hybridized carbons (Fsp3) is 0.786. The SMILES string of the molecule is O=C(OC1C(=O)CCC1=O)O[C@@H]1CC[C@@]2(CCCO2)C1. The van der Waals surface area contributed by atoms with Gasteiger partial charge in [-0.2, -0.15) is 0 Å². The number of Topliss-reactive ketones (excluding diaryl/α,β-unsaturated/α-hetero) is 2. The summed E-state index contributed by atoms with van der Waals surface area (Å²) < 4.78 is 15.8. The van der Waals surface area contributed by atoms with Crippen LogP contribution in [0, 0.1) is 0 Å². The Kier molecular flexibility index (Phi) is 3.50. The number of hydrogen-bond donors (Lipinski definition) is 0. The zero-order valence-corrected chi connectivity index (χ0v) is 11.3. The van der Waals surface area contributed by atoms with Crippen LogP contribution in [0.4, 0.5) is 4.79 Å². The monoisotopic (exact) mass is 282 g/mol. The second kappa shape index (κ2) is 5.16. The average molecular weight is 282 g/mol. The lowest BCUT2D eigenvalue weighted by Crippen LogP contribution is -2.31. The van der Waals surface area contributed by atoms with Gasteiger partial charge in [0.1, 0.15) is 6.10 Å². The molecule has 6 nitrogen and oxygen atoms in total. The fourth-order valence-corrected chi connectivity index (χ4v) is 3.34. The van der Waals surface area contributed by atoms with Crippen molar-refractivity contribution in [3.63, 3.8) is 0 Å². The Bertz CT molecular complexity index is 421. The summed E-state index contributed by atoms with van der Waals surface area (Å²) >= 11 is 0. The summed E-state index contributed by atoms with van der Waals surface area (Å²) in [5.74, 6) is -0.678. The molecule has 1 aliphatic heterocycles. The van der Waals surface area contributed by atoms with Crippen molar-refractivity contribution in [2.24, 2.45) is 0 Å². The molecule has 110 valence electrons. The Labute approximate surface area is 116 Å². The van der Waals surface area contributed by atoms with Gasteiger partial charge in [-0.25, -0.2) is 4.79 Å². The highest BCUT2D eigenvalue weighted by atomic mass is 16.7. The van der Waals surface area contributed by atoms with Gasteiger partial charge in [-0.15, -0.1) is 0 Å². The van der Waals surface area contributed by atoms with E-state index in [4.69, 9.17) is 14.2 Å². The number of carbonyl (C=O) groups excluding carboxylic acids is 3. The van der Waals surface area contributed by atoms with Gasteiger partial charge in [0.05, 0.1) is 5.60 Å². The molecule has 1 saturated heterocycles. The molecule has 3 rings (SSSR count). The van der Waals surface area contributed by atoms with Crippen LogP contribution in [0.15, 0.2) is 0 Å². The normalized spacial score (nSPS) is 34.1. The third-order valence-electron chi connectivity index (χ3n) is 4.39. The maximum absolute atomic E-state index is 11.7. The summed E-state index contributed by atoms with van der Waals surface area (Å²) in [5, 5.41) is 0. The first kappa shape index (κ1) is 13.5. The Balaban J connectivity index is 1.50. The molecule has 0 unspecified atom stereocenters. The van der Waals surface area contributed by atoms with Gasteiger partial charge < -0.3 is 14.2 Å². The second-order valence-electron chi connectivity index (χ2n) is 5.80. The number of ketones is 2. The molecule has 0 aromatic carbocycles. The first-order valence-electron chi connectivity index (χ1n) is 7.15. The first-order chi connectivity index (χ1) is 9.58. The van der Waals surface area contributed by atoms with Crippen molar-refractivity contribution in [3.05, 3.63) is 0 Å². The highest BCUT2D eigenvalue weighted by molar-refractivity contribution is 6.12. The fourth-order valence-electron chi connectivity index (χ4n) is 3.34. The van der Waals surface area contributed by atoms with Crippen LogP contribution in [0.1, 0.15) is 44.9 Å². The maximum atomic E-state index is 11.7. The molecule has 20 heavy (non-hydrogen) atoms. The summed E-state index contributed by atoms with van der Waals surface area (Å²) in [7, 11) is 0. The molecule has 1 spiro atoms. The van der Waals surface area contributed by atoms with E-state index >= 15 is 0 Å². The van der Waals surface area contributed by atoms with Crippen LogP contribution in [-0.4, -0.2) is 42.1 Å². The minimum atomic E-state index is -1.25. The van der Waals surface area contributed by atoms with Crippen molar-refractivity contribution in [1.29, 1.82) is 0 Å². The van der Waals surface area contributed by atoms with Crippen molar-refractivity contribution in [1.82, 2.24) is 0 Å². The van der Waals surface area contributed by atoms with Crippen LogP contribution >= 0.6 is 0 Å². The Hall–Kier alpha value is -1.43. The van der Waals surface area contributed by atoms with Crippen molar-refractivity contribution in [3.8, 4) is 0 Å². The summed E-state index contributed by atoms with van der Waals surface area (Å²) in [5.41, 5.74) is -0.135. The summed E-state index contributed by atoms with van der Waals surface area (Å²) in [6.07, 6.45) is 2.23. The van der Waals surface area contributed by atoms with Gasteiger partial charge in [0, 0.05) is 25.9 Å². The quantitative estimate of drug-likeness (QED) is 0.564. The van der Waals surface area contributed by atoms with Gasteiger partial charge >= 0.3 is 6.16 Å². The minimum absolute atomic E-state index is 0.135. The molecule has 2 saturated carbocycles. The minimum Gasteiger partial charge on any atom is -0.431 e. The van der Waals surface area contributed by atoms with E-state index in [2.05, 4.69) is 0 Å². The summed E-state index contributed by atoms with van der Waals surface area (Å²) in [4.78, 5) is 34.4. The van der Waals surface area contributed by atoms with Crippen LogP contribution in [0.5, 0.6) is 0 Å². The third kappa shape index (κ3) is 2.57. The van der Waals surface area contributed by atoms with E-state index in [1.165, 1.54) is 0 Å². The van der Waals surface area contributed by atoms with E-state index in [0.717, 1.165) is 32.3 Å². The standard InChI is InChI=1S/C14H18O6/c15-10-2-3-11(16)12(10)20-13(17)19-9-4-6-14(8-9)5-1-7-18-14/h9,12H,1-8H2/t9-,14+/m1/s1. The highest BCUT2D eigenvalue weighted by Crippen LogP contribution is 2.42. The van der Waals surface area contributed by atoms with Crippen molar-refractivity contribution in [2.75, 3.05) is 6.61 Å². The van der Waals surface area contributed by atoms with E-state index in [0.29, 0.717) is 6.42 Å². The first-order valence-corrected chi connectivity index (χ1v) is 7.15. The Morgan fingerprint density at radius 1 is 1.15 bits per heavy atom. The molecule has 0 bridgehead atoms. The smallest absolute Gasteiger partial charge is 0.431 e. The molecule has 3 fully saturated rings. The van der Waals surface area contributed by atoms with E-state index in [9.17, 15) is 14.4 Å². The number of ether oxygens (including phenoxy) is 3. The van der Waals surface area contributed by atoms with Gasteiger partial charge in [-0.05, 0) is 25.7 Å². The van der Waals surface area contributed by atoms with Gasteiger partial charge in [0.2, 0.25) is 6.10 Å². The van der Waals surface area contributed by atoms with Gasteiger partial charge in [-0.3, -0.25) is 9.59 Å². The molecule has 0 N–H and O–H groups in total. The number of rotatable bonds is 2. The lowest BCUT2D eigenvalue weighted by Gasteiger charge is -2.22. The molecule has 0 amide bonds. The van der Waals surface area contributed by atoms with Gasteiger partial charge in [0.15, 0.2) is 11.6 Å². The lowest BCUT2D eigenvalue weighted by molar-refractivity contribution is -0.135. The molecular formula is C14H18O6. The van der Waals surface area contributed by atoms with Crippen LogP contribution in [0.2, 0.25) is 0 Å². The third-order valence-corrected chi connectivity index (χ3v) is 4.39. The summed E-state index contributed by atoms with van der Waals surface area (Å²) in [6.45, 7) is 0.766. The average Bonchev–Trinajstić information content (AvgIpc) is 3.10. The Morgan fingerprint density at radius 3 is 2.55 bits per heavy atom. The molecule has 6 heteroatoms. The van der Waals surface area contributed by atoms with Crippen LogP contribution in [0.25, 0.3) is 0 Å². The molecule has 0 aromatic rings. The zero-order valence-electron chi connectivity index (χ0n) is 11.3. The van der Waals surface area contributed by atoms with E-state index in [-0.39, 0.29) is 36.1 Å². The molecule has 0 aromatic heterocycles.